The Morgan fingerprint density at radius 2 is 2.06 bits per heavy atom. The predicted molar refractivity (Wildman–Crippen MR) is 128 cm³/mol. The molecule has 0 spiro atoms. The van der Waals surface area contributed by atoms with Crippen LogP contribution in [-0.2, 0) is 19.1 Å². The molecule has 0 saturated carbocycles. The number of methoxy groups -OCH3 is 1. The van der Waals surface area contributed by atoms with E-state index in [0.29, 0.717) is 38.7 Å². The van der Waals surface area contributed by atoms with Crippen molar-refractivity contribution < 1.29 is 28.5 Å². The van der Waals surface area contributed by atoms with Crippen molar-refractivity contribution in [2.75, 3.05) is 20.3 Å². The van der Waals surface area contributed by atoms with Crippen molar-refractivity contribution in [3.8, 4) is 11.5 Å². The topological polar surface area (TPSA) is 83.4 Å². The zero-order chi connectivity index (χ0) is 22.5. The summed E-state index contributed by atoms with van der Waals surface area (Å²) in [4.78, 5) is 28.1. The van der Waals surface area contributed by atoms with Crippen LogP contribution in [-0.4, -0.2) is 38.2 Å². The van der Waals surface area contributed by atoms with Crippen molar-refractivity contribution in [2.45, 2.75) is 6.92 Å². The van der Waals surface area contributed by atoms with Crippen molar-refractivity contribution >= 4 is 74.0 Å². The number of esters is 2. The molecule has 7 nitrogen and oxygen atoms in total. The number of cyclic esters (lactones) is 1. The largest absolute Gasteiger partial charge is 0.490 e. The van der Waals surface area contributed by atoms with Gasteiger partial charge in [0.25, 0.3) is 0 Å². The molecule has 0 N–H and O–H groups in total. The molecule has 0 saturated heterocycles. The summed E-state index contributed by atoms with van der Waals surface area (Å²) in [5.41, 5.74) is 1.27. The normalized spacial score (nSPS) is 14.3. The minimum absolute atomic E-state index is 0.113. The average Bonchev–Trinajstić information content (AvgIpc) is 3.09. The van der Waals surface area contributed by atoms with Gasteiger partial charge in [-0.05, 0) is 87.4 Å². The fraction of sp³-hybridized carbons (Fsp3) is 0.190. The summed E-state index contributed by atoms with van der Waals surface area (Å²) >= 11 is 11.8. The van der Waals surface area contributed by atoms with E-state index in [1.807, 2.05) is 13.0 Å². The summed E-state index contributed by atoms with van der Waals surface area (Å²) in [6.45, 7) is 1.92. The van der Waals surface area contributed by atoms with E-state index >= 15 is 0 Å². The Kier molecular flexibility index (Phi) is 7.95. The number of rotatable bonds is 7. The molecule has 0 aliphatic carbocycles. The average molecular weight is 621 g/mol. The van der Waals surface area contributed by atoms with Crippen LogP contribution in [0, 0.1) is 3.57 Å². The fourth-order valence-corrected chi connectivity index (χ4v) is 3.87. The minimum Gasteiger partial charge on any atom is -0.490 e. The molecule has 1 aliphatic heterocycles. The van der Waals surface area contributed by atoms with Crippen molar-refractivity contribution in [3.63, 3.8) is 0 Å². The smallest absolute Gasteiger partial charge is 0.363 e. The molecule has 2 aromatic carbocycles. The molecular weight excluding hydrogens is 604 g/mol. The summed E-state index contributed by atoms with van der Waals surface area (Å²) < 4.78 is 22.5. The lowest BCUT2D eigenvalue weighted by atomic mass is 10.1. The number of carbonyl (C=O) groups is 2. The monoisotopic (exact) mass is 619 g/mol. The molecule has 0 fully saturated rings. The quantitative estimate of drug-likeness (QED) is 0.246. The highest BCUT2D eigenvalue weighted by atomic mass is 127. The van der Waals surface area contributed by atoms with E-state index in [-0.39, 0.29) is 18.2 Å². The Balaban J connectivity index is 1.95. The van der Waals surface area contributed by atoms with E-state index in [1.165, 1.54) is 7.11 Å². The highest BCUT2D eigenvalue weighted by Crippen LogP contribution is 2.38. The fourth-order valence-electron chi connectivity index (χ4n) is 2.61. The Morgan fingerprint density at radius 1 is 1.29 bits per heavy atom. The third-order valence-electron chi connectivity index (χ3n) is 3.98. The maximum absolute atomic E-state index is 12.4. The Hall–Kier alpha value is -2.11. The van der Waals surface area contributed by atoms with Gasteiger partial charge in [0.15, 0.2) is 23.8 Å². The van der Waals surface area contributed by atoms with Crippen molar-refractivity contribution in [1.82, 2.24) is 0 Å². The molecule has 0 unspecified atom stereocenters. The number of ether oxygens (including phenoxy) is 4. The molecule has 1 aliphatic rings. The second-order valence-corrected chi connectivity index (χ2v) is 8.60. The molecule has 162 valence electrons. The van der Waals surface area contributed by atoms with Crippen LogP contribution >= 0.6 is 50.1 Å². The first-order valence-corrected chi connectivity index (χ1v) is 11.2. The molecule has 0 amide bonds. The van der Waals surface area contributed by atoms with Crippen molar-refractivity contribution in [3.05, 3.63) is 60.2 Å². The third kappa shape index (κ3) is 5.78. The van der Waals surface area contributed by atoms with Crippen LogP contribution in [0.2, 0.25) is 5.02 Å². The molecule has 31 heavy (non-hydrogen) atoms. The summed E-state index contributed by atoms with van der Waals surface area (Å²) in [6.07, 6.45) is 1.56. The first-order valence-electron chi connectivity index (χ1n) is 8.96. The number of carbonyl (C=O) groups excluding carboxylic acids is 2. The van der Waals surface area contributed by atoms with E-state index in [1.54, 1.807) is 30.3 Å². The highest BCUT2D eigenvalue weighted by Gasteiger charge is 2.26. The number of nitrogens with zero attached hydrogens (tertiary/aromatic N) is 1. The van der Waals surface area contributed by atoms with Gasteiger partial charge < -0.3 is 18.9 Å². The Bertz CT molecular complexity index is 1100. The molecule has 10 heteroatoms. The van der Waals surface area contributed by atoms with Crippen LogP contribution in [0.15, 0.2) is 45.5 Å². The number of aliphatic imine (C=N–C) groups is 1. The Labute approximate surface area is 205 Å². The molecular formula is C21H16BrClINO6. The Morgan fingerprint density at radius 3 is 2.77 bits per heavy atom. The van der Waals surface area contributed by atoms with Crippen LogP contribution in [0.5, 0.6) is 11.5 Å². The summed E-state index contributed by atoms with van der Waals surface area (Å²) in [6, 6.07) is 8.73. The van der Waals surface area contributed by atoms with Crippen LogP contribution in [0.25, 0.3) is 6.08 Å². The van der Waals surface area contributed by atoms with Crippen molar-refractivity contribution in [1.29, 1.82) is 0 Å². The van der Waals surface area contributed by atoms with Gasteiger partial charge in [0, 0.05) is 3.57 Å². The lowest BCUT2D eigenvalue weighted by Gasteiger charge is -2.14. The van der Waals surface area contributed by atoms with E-state index in [0.717, 1.165) is 3.57 Å². The number of halogens is 3. The summed E-state index contributed by atoms with van der Waals surface area (Å²) in [5.74, 6) is -0.237. The molecule has 0 radical (unpaired) electrons. The maximum atomic E-state index is 12.4. The van der Waals surface area contributed by atoms with E-state index in [4.69, 9.17) is 25.8 Å². The zero-order valence-electron chi connectivity index (χ0n) is 16.4. The van der Waals surface area contributed by atoms with Gasteiger partial charge in [-0.25, -0.2) is 14.6 Å². The lowest BCUT2D eigenvalue weighted by Crippen LogP contribution is -2.13. The summed E-state index contributed by atoms with van der Waals surface area (Å²) in [7, 11) is 1.28. The SMILES string of the molecule is CCOc1cc(/C=C2\N=C(c3cc(I)ccc3Cl)OC2=O)cc(Br)c1OCC(=O)OC. The lowest BCUT2D eigenvalue weighted by molar-refractivity contribution is -0.143. The van der Waals surface area contributed by atoms with Crippen LogP contribution < -0.4 is 9.47 Å². The summed E-state index contributed by atoms with van der Waals surface area (Å²) in [5, 5.41) is 0.432. The van der Waals surface area contributed by atoms with Gasteiger partial charge in [-0.3, -0.25) is 0 Å². The number of benzene rings is 2. The van der Waals surface area contributed by atoms with Gasteiger partial charge >= 0.3 is 11.9 Å². The van der Waals surface area contributed by atoms with Crippen LogP contribution in [0.3, 0.4) is 0 Å². The van der Waals surface area contributed by atoms with Gasteiger partial charge in [0.05, 0.1) is 28.8 Å². The standard InChI is InChI=1S/C21H16BrClINO6/c1-3-29-17-8-11(6-14(22)19(17)30-10-18(26)28-2)7-16-21(27)31-20(25-16)13-9-12(24)4-5-15(13)23/h4-9H,3,10H2,1-2H3/b16-7-. The molecule has 0 aromatic heterocycles. The van der Waals surface area contributed by atoms with Gasteiger partial charge in [0.2, 0.25) is 5.90 Å². The van der Waals surface area contributed by atoms with Crippen molar-refractivity contribution in [2.24, 2.45) is 4.99 Å². The first-order chi connectivity index (χ1) is 14.8. The maximum Gasteiger partial charge on any atom is 0.363 e. The molecule has 0 bridgehead atoms. The highest BCUT2D eigenvalue weighted by molar-refractivity contribution is 14.1. The van der Waals surface area contributed by atoms with E-state index in [2.05, 4.69) is 48.3 Å². The molecule has 0 atom stereocenters. The van der Waals surface area contributed by atoms with Gasteiger partial charge in [-0.1, -0.05) is 11.6 Å². The predicted octanol–water partition coefficient (Wildman–Crippen LogP) is 5.00. The van der Waals surface area contributed by atoms with E-state index in [9.17, 15) is 9.59 Å². The number of hydrogen-bond donors (Lipinski definition) is 0. The number of hydrogen-bond acceptors (Lipinski definition) is 7. The molecule has 3 rings (SSSR count). The van der Waals surface area contributed by atoms with Gasteiger partial charge in [-0.2, -0.15) is 0 Å². The van der Waals surface area contributed by atoms with Gasteiger partial charge in [-0.15, -0.1) is 0 Å². The third-order valence-corrected chi connectivity index (χ3v) is 5.57. The first kappa shape index (κ1) is 23.6. The van der Waals surface area contributed by atoms with E-state index < -0.39 is 11.9 Å². The molecule has 1 heterocycles. The molecule has 2 aromatic rings. The second kappa shape index (κ2) is 10.5. The van der Waals surface area contributed by atoms with Crippen LogP contribution in [0.4, 0.5) is 0 Å². The minimum atomic E-state index is -0.593. The second-order valence-electron chi connectivity index (χ2n) is 6.09. The zero-order valence-corrected chi connectivity index (χ0v) is 20.9. The van der Waals surface area contributed by atoms with Crippen LogP contribution in [0.1, 0.15) is 18.1 Å². The van der Waals surface area contributed by atoms with Gasteiger partial charge in [0.1, 0.15) is 0 Å².